The maximum Gasteiger partial charge on any atom is 0.257 e. The van der Waals surface area contributed by atoms with E-state index in [9.17, 15) is 18.8 Å². The molecule has 1 atom stereocenters. The largest absolute Gasteiger partial charge is 0.325 e. The monoisotopic (exact) mass is 402 g/mol. The third-order valence-electron chi connectivity index (χ3n) is 4.49. The van der Waals surface area contributed by atoms with Crippen LogP contribution in [0.1, 0.15) is 38.5 Å². The fraction of sp³-hybridized carbons (Fsp3) is 0.381. The Hall–Kier alpha value is -2.54. The van der Waals surface area contributed by atoms with Gasteiger partial charge in [0, 0.05) is 11.3 Å². The maximum absolute atomic E-state index is 13.2. The van der Waals surface area contributed by atoms with Gasteiger partial charge in [-0.05, 0) is 41.1 Å². The summed E-state index contributed by atoms with van der Waals surface area (Å²) in [7, 11) is 0. The van der Waals surface area contributed by atoms with Crippen LogP contribution in [0.2, 0.25) is 0 Å². The first-order valence-corrected chi connectivity index (χ1v) is 9.98. The van der Waals surface area contributed by atoms with E-state index in [2.05, 4.69) is 0 Å². The van der Waals surface area contributed by atoms with Crippen molar-refractivity contribution >= 4 is 34.7 Å². The Balaban J connectivity index is 1.88. The number of halogens is 1. The van der Waals surface area contributed by atoms with E-state index in [1.165, 1.54) is 40.5 Å². The molecule has 1 aliphatic heterocycles. The Kier molecular flexibility index (Phi) is 5.65. The molecule has 0 N–H and O–H groups in total. The van der Waals surface area contributed by atoms with Gasteiger partial charge in [0.05, 0.1) is 18.7 Å². The van der Waals surface area contributed by atoms with Gasteiger partial charge in [0.15, 0.2) is 0 Å². The minimum Gasteiger partial charge on any atom is -0.325 e. The average Bonchev–Trinajstić information content (AvgIpc) is 3.20. The Morgan fingerprint density at radius 2 is 1.89 bits per heavy atom. The van der Waals surface area contributed by atoms with Gasteiger partial charge in [-0.2, -0.15) is 0 Å². The number of hydrogen-bond donors (Lipinski definition) is 0. The highest BCUT2D eigenvalue weighted by atomic mass is 32.1. The second-order valence-corrected chi connectivity index (χ2v) is 9.13. The van der Waals surface area contributed by atoms with Crippen molar-refractivity contribution in [3.8, 4) is 0 Å². The second-order valence-electron chi connectivity index (χ2n) is 8.10. The smallest absolute Gasteiger partial charge is 0.257 e. The van der Waals surface area contributed by atoms with E-state index < -0.39 is 17.8 Å². The summed E-state index contributed by atoms with van der Waals surface area (Å²) in [5.74, 6) is -1.44. The summed E-state index contributed by atoms with van der Waals surface area (Å²) >= 11 is 1.50. The third kappa shape index (κ3) is 4.47. The summed E-state index contributed by atoms with van der Waals surface area (Å²) in [4.78, 5) is 42.2. The molecule has 0 spiro atoms. The first-order chi connectivity index (χ1) is 13.2. The number of carbonyl (C=O) groups excluding carboxylic acids is 3. The van der Waals surface area contributed by atoms with Gasteiger partial charge in [0.25, 0.3) is 5.91 Å². The quantitative estimate of drug-likeness (QED) is 0.711. The fourth-order valence-corrected chi connectivity index (χ4v) is 3.92. The van der Waals surface area contributed by atoms with Crippen LogP contribution in [0.5, 0.6) is 0 Å². The fourth-order valence-electron chi connectivity index (χ4n) is 3.22. The van der Waals surface area contributed by atoms with Crippen molar-refractivity contribution < 1.29 is 18.8 Å². The highest BCUT2D eigenvalue weighted by Gasteiger charge is 2.44. The van der Waals surface area contributed by atoms with E-state index in [1.54, 1.807) is 0 Å². The van der Waals surface area contributed by atoms with Crippen LogP contribution in [0.4, 0.5) is 10.1 Å². The van der Waals surface area contributed by atoms with Gasteiger partial charge in [0.2, 0.25) is 11.8 Å². The predicted molar refractivity (Wildman–Crippen MR) is 106 cm³/mol. The van der Waals surface area contributed by atoms with Crippen LogP contribution in [0, 0.1) is 11.2 Å². The summed E-state index contributed by atoms with van der Waals surface area (Å²) in [6.07, 6.45) is 0.199. The van der Waals surface area contributed by atoms with E-state index in [1.807, 2.05) is 38.3 Å². The lowest BCUT2D eigenvalue weighted by Gasteiger charge is -2.30. The van der Waals surface area contributed by atoms with Crippen LogP contribution in [0.15, 0.2) is 41.8 Å². The van der Waals surface area contributed by atoms with Gasteiger partial charge < -0.3 is 4.90 Å². The highest BCUT2D eigenvalue weighted by molar-refractivity contribution is 7.09. The van der Waals surface area contributed by atoms with Crippen LogP contribution >= 0.6 is 11.3 Å². The lowest BCUT2D eigenvalue weighted by molar-refractivity contribution is -0.140. The SMILES string of the molecule is CC(C)(C)CC(=O)N(Cc1cccs1)C1CC(=O)N(c2ccc(F)cc2)C1=O. The number of carbonyl (C=O) groups is 3. The van der Waals surface area contributed by atoms with E-state index in [-0.39, 0.29) is 36.6 Å². The summed E-state index contributed by atoms with van der Waals surface area (Å²) in [6, 6.07) is 8.14. The lowest BCUT2D eigenvalue weighted by atomic mass is 9.91. The number of nitrogens with zero attached hydrogens (tertiary/aromatic N) is 2. The Morgan fingerprint density at radius 3 is 2.46 bits per heavy atom. The molecule has 7 heteroatoms. The summed E-state index contributed by atoms with van der Waals surface area (Å²) in [6.45, 7) is 6.16. The van der Waals surface area contributed by atoms with Gasteiger partial charge in [-0.3, -0.25) is 14.4 Å². The number of thiophene rings is 1. The van der Waals surface area contributed by atoms with Crippen molar-refractivity contribution in [2.24, 2.45) is 5.41 Å². The number of anilines is 1. The molecule has 5 nitrogen and oxygen atoms in total. The molecule has 3 amide bonds. The first-order valence-electron chi connectivity index (χ1n) is 9.10. The molecule has 1 aliphatic rings. The molecule has 1 saturated heterocycles. The van der Waals surface area contributed by atoms with E-state index >= 15 is 0 Å². The van der Waals surface area contributed by atoms with E-state index in [0.29, 0.717) is 5.69 Å². The van der Waals surface area contributed by atoms with Gasteiger partial charge in [-0.15, -0.1) is 11.3 Å². The molecule has 0 bridgehead atoms. The molecular formula is C21H23FN2O3S. The molecule has 1 unspecified atom stereocenters. The predicted octanol–water partition coefficient (Wildman–Crippen LogP) is 3.98. The van der Waals surface area contributed by atoms with Crippen molar-refractivity contribution in [1.82, 2.24) is 4.90 Å². The van der Waals surface area contributed by atoms with Crippen LogP contribution in [-0.2, 0) is 20.9 Å². The molecule has 0 aliphatic carbocycles. The van der Waals surface area contributed by atoms with E-state index in [0.717, 1.165) is 9.78 Å². The number of rotatable bonds is 5. The minimum absolute atomic E-state index is 0.0720. The third-order valence-corrected chi connectivity index (χ3v) is 5.35. The zero-order valence-corrected chi connectivity index (χ0v) is 17.0. The molecule has 0 radical (unpaired) electrons. The molecule has 0 saturated carbocycles. The maximum atomic E-state index is 13.2. The average molecular weight is 402 g/mol. The molecule has 1 aromatic heterocycles. The first kappa shape index (κ1) is 20.2. The molecule has 3 rings (SSSR count). The summed E-state index contributed by atoms with van der Waals surface area (Å²) in [5, 5.41) is 1.91. The summed E-state index contributed by atoms with van der Waals surface area (Å²) in [5.41, 5.74) is 0.0749. The van der Waals surface area contributed by atoms with Crippen molar-refractivity contribution in [2.75, 3.05) is 4.90 Å². The topological polar surface area (TPSA) is 57.7 Å². The van der Waals surface area contributed by atoms with Gasteiger partial charge in [-0.1, -0.05) is 26.8 Å². The normalized spacial score (nSPS) is 17.3. The number of hydrogen-bond acceptors (Lipinski definition) is 4. The van der Waals surface area contributed by atoms with Gasteiger partial charge >= 0.3 is 0 Å². The van der Waals surface area contributed by atoms with Crippen molar-refractivity contribution in [3.05, 3.63) is 52.5 Å². The van der Waals surface area contributed by atoms with Gasteiger partial charge in [-0.25, -0.2) is 9.29 Å². The van der Waals surface area contributed by atoms with Crippen LogP contribution < -0.4 is 4.90 Å². The Morgan fingerprint density at radius 1 is 1.21 bits per heavy atom. The van der Waals surface area contributed by atoms with Crippen LogP contribution in [0.3, 0.4) is 0 Å². The Labute approximate surface area is 167 Å². The molecule has 2 aromatic rings. The van der Waals surface area contributed by atoms with Crippen molar-refractivity contribution in [3.63, 3.8) is 0 Å². The number of imide groups is 1. The molecular weight excluding hydrogens is 379 g/mol. The molecule has 1 aromatic carbocycles. The second kappa shape index (κ2) is 7.83. The highest BCUT2D eigenvalue weighted by Crippen LogP contribution is 2.29. The van der Waals surface area contributed by atoms with Crippen LogP contribution in [0.25, 0.3) is 0 Å². The summed E-state index contributed by atoms with van der Waals surface area (Å²) < 4.78 is 13.2. The van der Waals surface area contributed by atoms with Gasteiger partial charge in [0.1, 0.15) is 11.9 Å². The molecule has 1 fully saturated rings. The number of benzene rings is 1. The van der Waals surface area contributed by atoms with Crippen LogP contribution in [-0.4, -0.2) is 28.7 Å². The lowest BCUT2D eigenvalue weighted by Crippen LogP contribution is -2.45. The number of amides is 3. The van der Waals surface area contributed by atoms with E-state index in [4.69, 9.17) is 0 Å². The zero-order valence-electron chi connectivity index (χ0n) is 16.1. The molecule has 148 valence electrons. The molecule has 28 heavy (non-hydrogen) atoms. The van der Waals surface area contributed by atoms with Crippen molar-refractivity contribution in [2.45, 2.75) is 46.2 Å². The van der Waals surface area contributed by atoms with Crippen molar-refractivity contribution in [1.29, 1.82) is 0 Å². The standard InChI is InChI=1S/C21H23FN2O3S/c1-21(2,3)12-19(26)23(13-16-5-4-10-28-16)17-11-18(25)24(20(17)27)15-8-6-14(22)7-9-15/h4-10,17H,11-13H2,1-3H3. The Bertz CT molecular complexity index is 872. The minimum atomic E-state index is -0.852. The zero-order chi connectivity index (χ0) is 20.5. The molecule has 2 heterocycles.